The van der Waals surface area contributed by atoms with E-state index in [-0.39, 0.29) is 17.8 Å². The molecular formula is C20H20ClN5O4. The van der Waals surface area contributed by atoms with Gasteiger partial charge < -0.3 is 4.74 Å². The summed E-state index contributed by atoms with van der Waals surface area (Å²) in [5.41, 5.74) is 1.52. The van der Waals surface area contributed by atoms with Gasteiger partial charge in [0, 0.05) is 18.4 Å². The zero-order valence-corrected chi connectivity index (χ0v) is 17.7. The predicted molar refractivity (Wildman–Crippen MR) is 113 cm³/mol. The Balaban J connectivity index is 2.11. The van der Waals surface area contributed by atoms with Crippen molar-refractivity contribution >= 4 is 34.5 Å². The Labute approximate surface area is 175 Å². The van der Waals surface area contributed by atoms with Crippen molar-refractivity contribution in [3.8, 4) is 5.69 Å². The van der Waals surface area contributed by atoms with Crippen molar-refractivity contribution in [3.63, 3.8) is 0 Å². The number of esters is 1. The first-order valence-corrected chi connectivity index (χ1v) is 9.76. The highest BCUT2D eigenvalue weighted by molar-refractivity contribution is 6.32. The summed E-state index contributed by atoms with van der Waals surface area (Å²) in [5.74, 6) is -0.201. The van der Waals surface area contributed by atoms with Gasteiger partial charge in [0.05, 0.1) is 17.3 Å². The average Bonchev–Trinajstić information content (AvgIpc) is 3.21. The maximum atomic E-state index is 13.2. The molecule has 0 aliphatic rings. The number of para-hydroxylation sites is 1. The van der Waals surface area contributed by atoms with Crippen LogP contribution in [-0.4, -0.2) is 35.7 Å². The maximum Gasteiger partial charge on any atom is 0.333 e. The Bertz CT molecular complexity index is 1440. The summed E-state index contributed by atoms with van der Waals surface area (Å²) in [7, 11) is 1.51. The molecule has 0 saturated heterocycles. The number of carbonyl (C=O) groups is 1. The minimum absolute atomic E-state index is 0.159. The van der Waals surface area contributed by atoms with Gasteiger partial charge in [-0.3, -0.25) is 23.1 Å². The normalized spacial score (nSPS) is 11.5. The summed E-state index contributed by atoms with van der Waals surface area (Å²) in [5, 5.41) is 0.527. The number of halogens is 1. The number of rotatable bonds is 4. The molecule has 156 valence electrons. The monoisotopic (exact) mass is 429 g/mol. The van der Waals surface area contributed by atoms with E-state index in [1.54, 1.807) is 17.4 Å². The lowest BCUT2D eigenvalue weighted by Crippen LogP contribution is -2.41. The topological polar surface area (TPSA) is 92.5 Å². The number of imidazole rings is 2. The number of benzene rings is 1. The Morgan fingerprint density at radius 3 is 2.53 bits per heavy atom. The number of ether oxygens (including phenoxy) is 1. The summed E-state index contributed by atoms with van der Waals surface area (Å²) in [6, 6.07) is 7.31. The summed E-state index contributed by atoms with van der Waals surface area (Å²) in [4.78, 5) is 42.5. The lowest BCUT2D eigenvalue weighted by atomic mass is 10.3. The number of aryl methyl sites for hydroxylation is 2. The van der Waals surface area contributed by atoms with Crippen molar-refractivity contribution in [2.24, 2.45) is 7.05 Å². The van der Waals surface area contributed by atoms with Gasteiger partial charge in [0.1, 0.15) is 6.54 Å². The van der Waals surface area contributed by atoms with Gasteiger partial charge in [-0.1, -0.05) is 23.7 Å². The second-order valence-corrected chi connectivity index (χ2v) is 7.32. The van der Waals surface area contributed by atoms with Crippen LogP contribution in [0.1, 0.15) is 18.3 Å². The summed E-state index contributed by atoms with van der Waals surface area (Å²) in [6.07, 6.45) is 0. The molecule has 4 aromatic rings. The quantitative estimate of drug-likeness (QED) is 0.462. The molecule has 0 aliphatic carbocycles. The van der Waals surface area contributed by atoms with Crippen LogP contribution in [0.25, 0.3) is 22.6 Å². The van der Waals surface area contributed by atoms with Crippen LogP contribution in [0.5, 0.6) is 0 Å². The lowest BCUT2D eigenvalue weighted by molar-refractivity contribution is -0.143. The van der Waals surface area contributed by atoms with Gasteiger partial charge in [-0.05, 0) is 32.9 Å². The highest BCUT2D eigenvalue weighted by atomic mass is 35.5. The maximum absolute atomic E-state index is 13.2. The number of nitrogens with zero attached hydrogens (tertiary/aromatic N) is 5. The summed E-state index contributed by atoms with van der Waals surface area (Å²) >= 11 is 6.41. The highest BCUT2D eigenvalue weighted by Gasteiger charge is 2.24. The number of carbonyl (C=O) groups excluding carboxylic acids is 1. The fourth-order valence-corrected chi connectivity index (χ4v) is 3.87. The first-order valence-electron chi connectivity index (χ1n) is 9.38. The van der Waals surface area contributed by atoms with E-state index < -0.39 is 23.8 Å². The zero-order chi connectivity index (χ0) is 21.7. The van der Waals surface area contributed by atoms with Gasteiger partial charge in [0.25, 0.3) is 5.56 Å². The second kappa shape index (κ2) is 7.17. The van der Waals surface area contributed by atoms with Crippen LogP contribution in [0.2, 0.25) is 5.02 Å². The van der Waals surface area contributed by atoms with Crippen molar-refractivity contribution < 1.29 is 9.53 Å². The molecule has 3 heterocycles. The molecule has 0 radical (unpaired) electrons. The SMILES string of the molecule is CCOC(=O)Cn1c(=O)c2c(nc3n(-c4ccccc4Cl)c(C)c(C)n23)n(C)c1=O. The van der Waals surface area contributed by atoms with Gasteiger partial charge in [-0.2, -0.15) is 4.98 Å². The van der Waals surface area contributed by atoms with Gasteiger partial charge in [0.2, 0.25) is 5.78 Å². The van der Waals surface area contributed by atoms with Gasteiger partial charge in [0.15, 0.2) is 11.2 Å². The van der Waals surface area contributed by atoms with Crippen molar-refractivity contribution in [2.45, 2.75) is 27.3 Å². The van der Waals surface area contributed by atoms with Gasteiger partial charge in [-0.15, -0.1) is 0 Å². The predicted octanol–water partition coefficient (Wildman–Crippen LogP) is 1.97. The third kappa shape index (κ3) is 2.77. The molecule has 30 heavy (non-hydrogen) atoms. The van der Waals surface area contributed by atoms with E-state index in [9.17, 15) is 14.4 Å². The first kappa shape index (κ1) is 20.0. The molecule has 0 N–H and O–H groups in total. The molecule has 0 saturated carbocycles. The van der Waals surface area contributed by atoms with Crippen molar-refractivity contribution in [3.05, 3.63) is 61.5 Å². The van der Waals surface area contributed by atoms with Crippen molar-refractivity contribution in [2.75, 3.05) is 6.61 Å². The fourth-order valence-electron chi connectivity index (χ4n) is 3.65. The molecule has 9 nitrogen and oxygen atoms in total. The molecule has 0 amide bonds. The van der Waals surface area contributed by atoms with E-state index in [0.29, 0.717) is 16.5 Å². The number of aromatic nitrogens is 5. The van der Waals surface area contributed by atoms with Crippen LogP contribution in [0.3, 0.4) is 0 Å². The average molecular weight is 430 g/mol. The van der Waals surface area contributed by atoms with E-state index in [2.05, 4.69) is 4.98 Å². The smallest absolute Gasteiger partial charge is 0.333 e. The number of hydrogen-bond acceptors (Lipinski definition) is 5. The standard InChI is InChI=1S/C20H20ClN5O4/c1-5-30-15(27)10-24-18(28)16-17(23(4)20(24)29)22-19-25(11(2)12(3)26(16)19)14-9-7-6-8-13(14)21/h6-9H,5,10H2,1-4H3. The van der Waals surface area contributed by atoms with E-state index in [1.165, 1.54) is 11.6 Å². The van der Waals surface area contributed by atoms with E-state index in [0.717, 1.165) is 16.0 Å². The van der Waals surface area contributed by atoms with E-state index >= 15 is 0 Å². The molecule has 0 aliphatic heterocycles. The Hall–Kier alpha value is -3.33. The molecule has 0 unspecified atom stereocenters. The molecule has 0 fully saturated rings. The molecule has 1 aromatic carbocycles. The minimum Gasteiger partial charge on any atom is -0.465 e. The Morgan fingerprint density at radius 2 is 1.87 bits per heavy atom. The molecule has 0 atom stereocenters. The van der Waals surface area contributed by atoms with E-state index in [1.807, 2.05) is 36.6 Å². The molecule has 0 bridgehead atoms. The fraction of sp³-hybridized carbons (Fsp3) is 0.300. The minimum atomic E-state index is -0.654. The number of fused-ring (bicyclic) bond motifs is 3. The number of hydrogen-bond donors (Lipinski definition) is 0. The van der Waals surface area contributed by atoms with Crippen LogP contribution >= 0.6 is 11.6 Å². The van der Waals surface area contributed by atoms with Crippen molar-refractivity contribution in [1.29, 1.82) is 0 Å². The van der Waals surface area contributed by atoms with Crippen LogP contribution in [-0.2, 0) is 23.1 Å². The largest absolute Gasteiger partial charge is 0.465 e. The molecule has 3 aromatic heterocycles. The van der Waals surface area contributed by atoms with Gasteiger partial charge in [-0.25, -0.2) is 9.36 Å². The van der Waals surface area contributed by atoms with Crippen LogP contribution < -0.4 is 11.2 Å². The van der Waals surface area contributed by atoms with Crippen LogP contribution in [0.4, 0.5) is 0 Å². The summed E-state index contributed by atoms with van der Waals surface area (Å²) < 4.78 is 10.6. The Kier molecular flexibility index (Phi) is 4.77. The highest BCUT2D eigenvalue weighted by Crippen LogP contribution is 2.28. The van der Waals surface area contributed by atoms with Crippen LogP contribution in [0.15, 0.2) is 33.9 Å². The zero-order valence-electron chi connectivity index (χ0n) is 17.0. The third-order valence-electron chi connectivity index (χ3n) is 5.20. The first-order chi connectivity index (χ1) is 14.3. The summed E-state index contributed by atoms with van der Waals surface area (Å²) in [6.45, 7) is 5.11. The molecule has 10 heteroatoms. The molecule has 4 rings (SSSR count). The van der Waals surface area contributed by atoms with Crippen molar-refractivity contribution in [1.82, 2.24) is 23.1 Å². The Morgan fingerprint density at radius 1 is 1.17 bits per heavy atom. The third-order valence-corrected chi connectivity index (χ3v) is 5.52. The second-order valence-electron chi connectivity index (χ2n) is 6.91. The lowest BCUT2D eigenvalue weighted by Gasteiger charge is -2.09. The van der Waals surface area contributed by atoms with Crippen LogP contribution in [0, 0.1) is 13.8 Å². The van der Waals surface area contributed by atoms with E-state index in [4.69, 9.17) is 16.3 Å². The molecular weight excluding hydrogens is 410 g/mol. The molecule has 0 spiro atoms. The van der Waals surface area contributed by atoms with Gasteiger partial charge >= 0.3 is 11.7 Å².